The lowest BCUT2D eigenvalue weighted by Crippen LogP contribution is -2.27. The maximum absolute atomic E-state index is 12.5. The Hall–Kier alpha value is -3.60. The monoisotopic (exact) mass is 441 g/mol. The number of benzene rings is 2. The van der Waals surface area contributed by atoms with E-state index in [2.05, 4.69) is 67.0 Å². The van der Waals surface area contributed by atoms with Crippen molar-refractivity contribution in [1.29, 1.82) is 0 Å². The highest BCUT2D eigenvalue weighted by atomic mass is 16.5. The Morgan fingerprint density at radius 1 is 1.03 bits per heavy atom. The second kappa shape index (κ2) is 9.90. The summed E-state index contributed by atoms with van der Waals surface area (Å²) in [7, 11) is 1.66. The van der Waals surface area contributed by atoms with Gasteiger partial charge in [-0.2, -0.15) is 0 Å². The van der Waals surface area contributed by atoms with Crippen LogP contribution in [0.5, 0.6) is 5.75 Å². The first kappa shape index (κ1) is 22.6. The third-order valence-electron chi connectivity index (χ3n) is 5.71. The van der Waals surface area contributed by atoms with E-state index in [1.54, 1.807) is 7.11 Å². The summed E-state index contributed by atoms with van der Waals surface area (Å²) in [5.74, 6) is 1.27. The number of amides is 1. The zero-order valence-corrected chi connectivity index (χ0v) is 19.8. The molecule has 0 saturated carbocycles. The van der Waals surface area contributed by atoms with E-state index in [1.807, 2.05) is 30.3 Å². The second-order valence-electron chi connectivity index (χ2n) is 8.85. The van der Waals surface area contributed by atoms with Crippen molar-refractivity contribution in [2.75, 3.05) is 13.7 Å². The molecule has 0 aliphatic carbocycles. The lowest BCUT2D eigenvalue weighted by Gasteiger charge is -2.10. The van der Waals surface area contributed by atoms with Gasteiger partial charge in [0.2, 0.25) is 5.91 Å². The van der Waals surface area contributed by atoms with Crippen LogP contribution in [-0.2, 0) is 11.2 Å². The van der Waals surface area contributed by atoms with E-state index in [0.717, 1.165) is 39.5 Å². The molecule has 5 heteroatoms. The van der Waals surface area contributed by atoms with Gasteiger partial charge in [-0.05, 0) is 54.7 Å². The van der Waals surface area contributed by atoms with E-state index < -0.39 is 0 Å². The van der Waals surface area contributed by atoms with Gasteiger partial charge >= 0.3 is 0 Å². The number of nitrogens with one attached hydrogen (secondary N) is 1. The molecule has 0 aliphatic heterocycles. The van der Waals surface area contributed by atoms with E-state index in [1.165, 1.54) is 5.56 Å². The molecule has 2 aromatic carbocycles. The zero-order valence-electron chi connectivity index (χ0n) is 19.8. The number of hydrogen-bond donors (Lipinski definition) is 1. The third kappa shape index (κ3) is 5.25. The number of ether oxygens (including phenoxy) is 1. The van der Waals surface area contributed by atoms with Gasteiger partial charge in [-0.1, -0.05) is 55.8 Å². The van der Waals surface area contributed by atoms with Crippen LogP contribution in [0.3, 0.4) is 0 Å². The smallest absolute Gasteiger partial charge is 0.220 e. The number of carbonyl (C=O) groups excluding carboxylic acids is 1. The van der Waals surface area contributed by atoms with Crippen molar-refractivity contribution >= 4 is 11.6 Å². The summed E-state index contributed by atoms with van der Waals surface area (Å²) >= 11 is 0. The van der Waals surface area contributed by atoms with E-state index >= 15 is 0 Å². The molecule has 5 nitrogen and oxygen atoms in total. The van der Waals surface area contributed by atoms with Crippen molar-refractivity contribution in [3.05, 3.63) is 78.1 Å². The predicted octanol–water partition coefficient (Wildman–Crippen LogP) is 5.69. The molecule has 0 fully saturated rings. The Balaban J connectivity index is 1.76. The molecule has 0 aliphatic rings. The molecule has 4 aromatic rings. The molecule has 0 bridgehead atoms. The minimum absolute atomic E-state index is 0.0603. The molecule has 0 spiro atoms. The molecule has 33 heavy (non-hydrogen) atoms. The standard InChI is InChI=1S/C28H31N3O2/c1-19(2)17-29-27(32)14-12-25-28(22-9-6-10-24(16-22)33-4)30-26-13-11-23(18-31(25)26)21-8-5-7-20(3)15-21/h5-11,13,15-16,18-19H,12,14,17H2,1-4H3,(H,29,32). The number of methoxy groups -OCH3 is 1. The van der Waals surface area contributed by atoms with Crippen molar-refractivity contribution in [1.82, 2.24) is 14.7 Å². The van der Waals surface area contributed by atoms with Crippen LogP contribution in [0.4, 0.5) is 0 Å². The quantitative estimate of drug-likeness (QED) is 0.382. The highest BCUT2D eigenvalue weighted by Crippen LogP contribution is 2.30. The fourth-order valence-corrected chi connectivity index (χ4v) is 3.97. The summed E-state index contributed by atoms with van der Waals surface area (Å²) in [6.45, 7) is 6.98. The molecule has 2 aromatic heterocycles. The van der Waals surface area contributed by atoms with Crippen molar-refractivity contribution in [2.45, 2.75) is 33.6 Å². The van der Waals surface area contributed by atoms with Crippen molar-refractivity contribution in [2.24, 2.45) is 5.92 Å². The van der Waals surface area contributed by atoms with Gasteiger partial charge in [-0.15, -0.1) is 0 Å². The number of imidazole rings is 1. The SMILES string of the molecule is COc1cccc(-c2nc3ccc(-c4cccc(C)c4)cn3c2CCC(=O)NCC(C)C)c1. The second-order valence-corrected chi connectivity index (χ2v) is 8.85. The fraction of sp³-hybridized carbons (Fsp3) is 0.286. The van der Waals surface area contributed by atoms with Gasteiger partial charge in [0.15, 0.2) is 0 Å². The van der Waals surface area contributed by atoms with Crippen LogP contribution in [0, 0.1) is 12.8 Å². The normalized spacial score (nSPS) is 11.2. The van der Waals surface area contributed by atoms with E-state index in [4.69, 9.17) is 9.72 Å². The maximum Gasteiger partial charge on any atom is 0.220 e. The summed E-state index contributed by atoms with van der Waals surface area (Å²) in [5, 5.41) is 3.02. The van der Waals surface area contributed by atoms with Gasteiger partial charge in [-0.25, -0.2) is 4.98 Å². The average molecular weight is 442 g/mol. The highest BCUT2D eigenvalue weighted by molar-refractivity contribution is 5.77. The number of aryl methyl sites for hydroxylation is 2. The first-order valence-corrected chi connectivity index (χ1v) is 11.4. The Kier molecular flexibility index (Phi) is 6.78. The van der Waals surface area contributed by atoms with Gasteiger partial charge in [0.25, 0.3) is 0 Å². The first-order chi connectivity index (χ1) is 15.9. The van der Waals surface area contributed by atoms with Crippen LogP contribution in [0.25, 0.3) is 28.0 Å². The summed E-state index contributed by atoms with van der Waals surface area (Å²) in [6, 6.07) is 20.5. The molecule has 4 rings (SSSR count). The fourth-order valence-electron chi connectivity index (χ4n) is 3.97. The Morgan fingerprint density at radius 2 is 1.82 bits per heavy atom. The van der Waals surface area contributed by atoms with Crippen LogP contribution in [0.15, 0.2) is 66.9 Å². The minimum Gasteiger partial charge on any atom is -0.497 e. The van der Waals surface area contributed by atoms with Crippen molar-refractivity contribution in [3.63, 3.8) is 0 Å². The van der Waals surface area contributed by atoms with E-state index in [9.17, 15) is 4.79 Å². The first-order valence-electron chi connectivity index (χ1n) is 11.4. The predicted molar refractivity (Wildman–Crippen MR) is 134 cm³/mol. The molecule has 1 amide bonds. The molecular weight excluding hydrogens is 410 g/mol. The number of aromatic nitrogens is 2. The van der Waals surface area contributed by atoms with Crippen LogP contribution >= 0.6 is 0 Å². The summed E-state index contributed by atoms with van der Waals surface area (Å²) < 4.78 is 7.56. The summed E-state index contributed by atoms with van der Waals surface area (Å²) in [4.78, 5) is 17.4. The topological polar surface area (TPSA) is 55.6 Å². The van der Waals surface area contributed by atoms with Crippen LogP contribution in [0.2, 0.25) is 0 Å². The Morgan fingerprint density at radius 3 is 2.58 bits per heavy atom. The number of nitrogens with zero attached hydrogens (tertiary/aromatic N) is 2. The largest absolute Gasteiger partial charge is 0.497 e. The number of carbonyl (C=O) groups is 1. The molecule has 2 heterocycles. The van der Waals surface area contributed by atoms with Crippen molar-refractivity contribution < 1.29 is 9.53 Å². The molecule has 1 N–H and O–H groups in total. The number of fused-ring (bicyclic) bond motifs is 1. The average Bonchev–Trinajstić information content (AvgIpc) is 3.19. The van der Waals surface area contributed by atoms with Crippen LogP contribution < -0.4 is 10.1 Å². The molecule has 170 valence electrons. The van der Waals surface area contributed by atoms with Crippen LogP contribution in [0.1, 0.15) is 31.5 Å². The van der Waals surface area contributed by atoms with Gasteiger partial charge in [0.05, 0.1) is 18.5 Å². The number of rotatable bonds is 8. The molecule has 0 atom stereocenters. The zero-order chi connectivity index (χ0) is 23.4. The van der Waals surface area contributed by atoms with Gasteiger partial charge in [0.1, 0.15) is 11.4 Å². The Bertz CT molecular complexity index is 1270. The summed E-state index contributed by atoms with van der Waals surface area (Å²) in [5.41, 5.74) is 7.24. The van der Waals surface area contributed by atoms with Gasteiger partial charge < -0.3 is 14.5 Å². The van der Waals surface area contributed by atoms with E-state index in [0.29, 0.717) is 25.3 Å². The van der Waals surface area contributed by atoms with E-state index in [-0.39, 0.29) is 5.91 Å². The van der Waals surface area contributed by atoms with Crippen LogP contribution in [-0.4, -0.2) is 28.9 Å². The Labute approximate surface area is 195 Å². The number of pyridine rings is 1. The maximum atomic E-state index is 12.5. The molecule has 0 radical (unpaired) electrons. The van der Waals surface area contributed by atoms with Crippen molar-refractivity contribution in [3.8, 4) is 28.1 Å². The molecule has 0 unspecified atom stereocenters. The van der Waals surface area contributed by atoms with Gasteiger partial charge in [0, 0.05) is 24.7 Å². The third-order valence-corrected chi connectivity index (χ3v) is 5.71. The molecular formula is C28H31N3O2. The summed E-state index contributed by atoms with van der Waals surface area (Å²) in [6.07, 6.45) is 3.13. The lowest BCUT2D eigenvalue weighted by atomic mass is 10.0. The number of hydrogen-bond acceptors (Lipinski definition) is 3. The van der Waals surface area contributed by atoms with Gasteiger partial charge in [-0.3, -0.25) is 4.79 Å². The highest BCUT2D eigenvalue weighted by Gasteiger charge is 2.17. The lowest BCUT2D eigenvalue weighted by molar-refractivity contribution is -0.121. The minimum atomic E-state index is 0.0603. The molecule has 0 saturated heterocycles.